The molecule has 0 aliphatic carbocycles. The fraction of sp³-hybridized carbons (Fsp3) is 0.900. The van der Waals surface area contributed by atoms with Gasteiger partial charge in [-0.1, -0.05) is 39.8 Å². The maximum atomic E-state index is 6.25. The molecule has 1 aromatic heterocycles. The van der Waals surface area contributed by atoms with Gasteiger partial charge in [0.1, 0.15) is 0 Å². The Labute approximate surface area is 155 Å². The van der Waals surface area contributed by atoms with Crippen molar-refractivity contribution in [3.63, 3.8) is 0 Å². The second kappa shape index (κ2) is 9.13. The van der Waals surface area contributed by atoms with Crippen molar-refractivity contribution in [1.29, 1.82) is 0 Å². The van der Waals surface area contributed by atoms with Crippen molar-refractivity contribution < 1.29 is 4.74 Å². The van der Waals surface area contributed by atoms with Crippen molar-refractivity contribution in [1.82, 2.24) is 19.9 Å². The summed E-state index contributed by atoms with van der Waals surface area (Å²) in [5.41, 5.74) is 1.03. The van der Waals surface area contributed by atoms with E-state index in [0.717, 1.165) is 38.2 Å². The van der Waals surface area contributed by atoms with E-state index in [2.05, 4.69) is 83.8 Å². The molecule has 0 aliphatic heterocycles. The van der Waals surface area contributed by atoms with Crippen LogP contribution in [0.25, 0.3) is 0 Å². The van der Waals surface area contributed by atoms with E-state index in [9.17, 15) is 0 Å². The van der Waals surface area contributed by atoms with Gasteiger partial charge in [0.2, 0.25) is 0 Å². The molecule has 1 atom stereocenters. The number of aromatic nitrogens is 3. The summed E-state index contributed by atoms with van der Waals surface area (Å²) in [6.45, 7) is 20.3. The van der Waals surface area contributed by atoms with Gasteiger partial charge in [0.05, 0.1) is 11.3 Å². The van der Waals surface area contributed by atoms with E-state index >= 15 is 0 Å². The Balaban J connectivity index is 2.68. The summed E-state index contributed by atoms with van der Waals surface area (Å²) in [7, 11) is 2.12. The molecule has 0 fully saturated rings. The fourth-order valence-electron chi connectivity index (χ4n) is 3.08. The lowest BCUT2D eigenvalue weighted by molar-refractivity contribution is -0.0742. The van der Waals surface area contributed by atoms with Crippen molar-refractivity contribution in [3.05, 3.63) is 11.9 Å². The number of nitrogens with zero attached hydrogens (tertiary/aromatic N) is 4. The van der Waals surface area contributed by atoms with Crippen LogP contribution in [-0.2, 0) is 17.8 Å². The molecule has 0 saturated carbocycles. The lowest BCUT2D eigenvalue weighted by atomic mass is 9.79. The third-order valence-corrected chi connectivity index (χ3v) is 4.83. The van der Waals surface area contributed by atoms with Gasteiger partial charge in [-0.05, 0) is 52.0 Å². The average molecular weight is 353 g/mol. The molecular weight excluding hydrogens is 312 g/mol. The van der Waals surface area contributed by atoms with Crippen LogP contribution >= 0.6 is 0 Å². The molecule has 5 heteroatoms. The Morgan fingerprint density at radius 1 is 1.20 bits per heavy atom. The average Bonchev–Trinajstić information content (AvgIpc) is 2.90. The van der Waals surface area contributed by atoms with Crippen LogP contribution in [0.3, 0.4) is 0 Å². The van der Waals surface area contributed by atoms with Crippen molar-refractivity contribution in [2.24, 2.45) is 11.3 Å². The molecule has 1 aromatic rings. The number of rotatable bonds is 11. The van der Waals surface area contributed by atoms with Gasteiger partial charge in [-0.2, -0.15) is 0 Å². The van der Waals surface area contributed by atoms with Gasteiger partial charge in [-0.25, -0.2) is 0 Å². The summed E-state index contributed by atoms with van der Waals surface area (Å²) in [6.07, 6.45) is 4.11. The van der Waals surface area contributed by atoms with Gasteiger partial charge in [-0.15, -0.1) is 5.10 Å². The van der Waals surface area contributed by atoms with Gasteiger partial charge in [0, 0.05) is 31.9 Å². The van der Waals surface area contributed by atoms with E-state index < -0.39 is 0 Å². The predicted octanol–water partition coefficient (Wildman–Crippen LogP) is 4.38. The molecule has 25 heavy (non-hydrogen) atoms. The van der Waals surface area contributed by atoms with Crippen molar-refractivity contribution in [2.75, 3.05) is 13.7 Å². The van der Waals surface area contributed by atoms with Crippen LogP contribution in [0.1, 0.15) is 73.9 Å². The van der Waals surface area contributed by atoms with Crippen LogP contribution in [0.15, 0.2) is 6.20 Å². The largest absolute Gasteiger partial charge is 0.375 e. The molecule has 1 unspecified atom stereocenters. The van der Waals surface area contributed by atoms with Gasteiger partial charge < -0.3 is 4.74 Å². The van der Waals surface area contributed by atoms with Crippen molar-refractivity contribution in [2.45, 2.75) is 93.0 Å². The number of hydrogen-bond acceptors (Lipinski definition) is 4. The first kappa shape index (κ1) is 22.1. The zero-order chi connectivity index (χ0) is 19.3. The van der Waals surface area contributed by atoms with Crippen LogP contribution in [0.5, 0.6) is 0 Å². The van der Waals surface area contributed by atoms with Crippen LogP contribution in [-0.4, -0.2) is 45.2 Å². The second-order valence-electron chi connectivity index (χ2n) is 9.27. The summed E-state index contributed by atoms with van der Waals surface area (Å²) in [6, 6.07) is 0.505. The normalized spacial score (nSPS) is 15.4. The highest BCUT2D eigenvalue weighted by Crippen LogP contribution is 2.34. The van der Waals surface area contributed by atoms with E-state index in [-0.39, 0.29) is 11.0 Å². The molecule has 0 amide bonds. The Bertz CT molecular complexity index is 510. The van der Waals surface area contributed by atoms with Crippen molar-refractivity contribution >= 4 is 0 Å². The van der Waals surface area contributed by atoms with Gasteiger partial charge in [0.25, 0.3) is 0 Å². The highest BCUT2D eigenvalue weighted by Gasteiger charge is 2.33. The van der Waals surface area contributed by atoms with E-state index in [1.54, 1.807) is 0 Å². The summed E-state index contributed by atoms with van der Waals surface area (Å²) in [5.74, 6) is 0.560. The summed E-state index contributed by atoms with van der Waals surface area (Å²) < 4.78 is 8.23. The Morgan fingerprint density at radius 2 is 1.84 bits per heavy atom. The second-order valence-corrected chi connectivity index (χ2v) is 9.27. The monoisotopic (exact) mass is 352 g/mol. The highest BCUT2D eigenvalue weighted by molar-refractivity contribution is 4.93. The highest BCUT2D eigenvalue weighted by atomic mass is 16.5. The summed E-state index contributed by atoms with van der Waals surface area (Å²) in [5, 5.41) is 8.68. The molecule has 0 aromatic carbocycles. The molecule has 5 nitrogen and oxygen atoms in total. The van der Waals surface area contributed by atoms with Crippen LogP contribution in [0, 0.1) is 11.3 Å². The maximum Gasteiger partial charge on any atom is 0.0967 e. The van der Waals surface area contributed by atoms with Crippen LogP contribution in [0.4, 0.5) is 0 Å². The molecule has 0 spiro atoms. The standard InChI is InChI=1S/C20H40N4O/c1-10-20(8,25-13-16(2)3)14-19(6,7)15-24-12-18(21-22-24)11-23(9)17(4)5/h12,16-17H,10-11,13-15H2,1-9H3. The molecule has 0 bridgehead atoms. The SMILES string of the molecule is CCC(C)(CC(C)(C)Cn1cc(CN(C)C(C)C)nn1)OCC(C)C. The first-order chi connectivity index (χ1) is 11.5. The third-order valence-electron chi connectivity index (χ3n) is 4.83. The Hall–Kier alpha value is -0.940. The smallest absolute Gasteiger partial charge is 0.0967 e. The van der Waals surface area contributed by atoms with E-state index in [1.807, 2.05) is 4.68 Å². The minimum absolute atomic E-state index is 0.0883. The molecule has 1 rings (SSSR count). The minimum atomic E-state index is -0.0883. The number of ether oxygens (including phenoxy) is 1. The number of hydrogen-bond donors (Lipinski definition) is 0. The summed E-state index contributed by atoms with van der Waals surface area (Å²) >= 11 is 0. The molecule has 0 N–H and O–H groups in total. The van der Waals surface area contributed by atoms with E-state index in [0.29, 0.717) is 12.0 Å². The van der Waals surface area contributed by atoms with Crippen LogP contribution in [0.2, 0.25) is 0 Å². The van der Waals surface area contributed by atoms with E-state index in [4.69, 9.17) is 4.74 Å². The molecule has 146 valence electrons. The first-order valence-electron chi connectivity index (χ1n) is 9.69. The van der Waals surface area contributed by atoms with Crippen LogP contribution < -0.4 is 0 Å². The quantitative estimate of drug-likeness (QED) is 0.593. The Morgan fingerprint density at radius 3 is 2.36 bits per heavy atom. The van der Waals surface area contributed by atoms with Gasteiger partial charge in [-0.3, -0.25) is 9.58 Å². The van der Waals surface area contributed by atoms with Gasteiger partial charge >= 0.3 is 0 Å². The molecule has 0 radical (unpaired) electrons. The molecule has 0 aliphatic rings. The Kier molecular flexibility index (Phi) is 8.07. The molecular formula is C20H40N4O. The lowest BCUT2D eigenvalue weighted by Gasteiger charge is -2.37. The fourth-order valence-corrected chi connectivity index (χ4v) is 3.08. The van der Waals surface area contributed by atoms with E-state index in [1.165, 1.54) is 0 Å². The third kappa shape index (κ3) is 7.87. The molecule has 1 heterocycles. The molecule has 0 saturated heterocycles. The summed E-state index contributed by atoms with van der Waals surface area (Å²) in [4.78, 5) is 2.27. The van der Waals surface area contributed by atoms with Gasteiger partial charge in [0.15, 0.2) is 0 Å². The zero-order valence-electron chi connectivity index (χ0n) is 18.0. The zero-order valence-corrected chi connectivity index (χ0v) is 18.0. The lowest BCUT2D eigenvalue weighted by Crippen LogP contribution is -2.37. The first-order valence-corrected chi connectivity index (χ1v) is 9.69. The predicted molar refractivity (Wildman–Crippen MR) is 105 cm³/mol. The minimum Gasteiger partial charge on any atom is -0.375 e. The van der Waals surface area contributed by atoms with Crippen molar-refractivity contribution in [3.8, 4) is 0 Å². The topological polar surface area (TPSA) is 43.2 Å². The maximum absolute atomic E-state index is 6.25.